The zero-order valence-electron chi connectivity index (χ0n) is 20.5. The minimum atomic E-state index is -4.45. The Morgan fingerprint density at radius 1 is 0.973 bits per heavy atom. The van der Waals surface area contributed by atoms with E-state index in [4.69, 9.17) is 0 Å². The first-order chi connectivity index (χ1) is 17.9. The lowest BCUT2D eigenvalue weighted by Crippen LogP contribution is -2.44. The van der Waals surface area contributed by atoms with Crippen LogP contribution in [-0.4, -0.2) is 34.9 Å². The van der Waals surface area contributed by atoms with Gasteiger partial charge in [-0.15, -0.1) is 0 Å². The Balaban J connectivity index is 1.30. The number of nitrogens with one attached hydrogen (secondary N) is 2. The van der Waals surface area contributed by atoms with E-state index in [-0.39, 0.29) is 18.4 Å². The largest absolute Gasteiger partial charge is 0.416 e. The van der Waals surface area contributed by atoms with Crippen molar-refractivity contribution in [2.24, 2.45) is 0 Å². The first-order valence-electron chi connectivity index (χ1n) is 12.7. The number of hydrogen-bond donors (Lipinski definition) is 2. The number of para-hydroxylation sites is 1. The van der Waals surface area contributed by atoms with Crippen molar-refractivity contribution < 1.29 is 18.0 Å². The highest BCUT2D eigenvalue weighted by Gasteiger charge is 2.32. The fraction of sp³-hybridized carbons (Fsp3) is 0.300. The zero-order chi connectivity index (χ0) is 25.8. The molecule has 192 valence electrons. The van der Waals surface area contributed by atoms with Crippen LogP contribution in [0.1, 0.15) is 47.4 Å². The van der Waals surface area contributed by atoms with Gasteiger partial charge in [0.15, 0.2) is 0 Å². The van der Waals surface area contributed by atoms with E-state index in [1.54, 1.807) is 6.07 Å². The molecule has 1 unspecified atom stereocenters. The molecule has 0 saturated carbocycles. The number of amides is 1. The second-order valence-corrected chi connectivity index (χ2v) is 9.77. The molecular formula is C30H30F3N3O. The lowest BCUT2D eigenvalue weighted by molar-refractivity contribution is -0.137. The van der Waals surface area contributed by atoms with E-state index in [9.17, 15) is 18.0 Å². The summed E-state index contributed by atoms with van der Waals surface area (Å²) in [6.45, 7) is 2.67. The number of nitrogens with zero attached hydrogens (tertiary/aromatic N) is 1. The molecule has 2 N–H and O–H groups in total. The fourth-order valence-corrected chi connectivity index (χ4v) is 5.27. The lowest BCUT2D eigenvalue weighted by Gasteiger charge is -2.32. The van der Waals surface area contributed by atoms with Gasteiger partial charge < -0.3 is 10.3 Å². The van der Waals surface area contributed by atoms with Crippen LogP contribution >= 0.6 is 0 Å². The number of carbonyl (C=O) groups excluding carboxylic acids is 1. The zero-order valence-corrected chi connectivity index (χ0v) is 20.5. The molecule has 2 heterocycles. The van der Waals surface area contributed by atoms with E-state index in [0.717, 1.165) is 55.0 Å². The number of carbonyl (C=O) groups is 1. The molecule has 1 aliphatic rings. The van der Waals surface area contributed by atoms with Crippen molar-refractivity contribution in [3.8, 4) is 0 Å². The molecule has 5 rings (SSSR count). The number of aromatic amines is 1. The number of likely N-dealkylation sites (tertiary alicyclic amines) is 1. The normalized spacial score (nSPS) is 16.1. The number of piperidine rings is 1. The van der Waals surface area contributed by atoms with Crippen molar-refractivity contribution in [3.05, 3.63) is 107 Å². The summed E-state index contributed by atoms with van der Waals surface area (Å²) < 4.78 is 40.4. The van der Waals surface area contributed by atoms with E-state index in [1.807, 2.05) is 48.7 Å². The SMILES string of the molecule is O=C(CC(c1cccc(C(F)(F)F)c1)c1c[nH]c2ccccc12)NC1CCN(Cc2ccccc2)CC1. The van der Waals surface area contributed by atoms with Gasteiger partial charge in [0.1, 0.15) is 0 Å². The number of halogens is 3. The highest BCUT2D eigenvalue weighted by molar-refractivity contribution is 5.86. The van der Waals surface area contributed by atoms with Crippen LogP contribution in [0.4, 0.5) is 13.2 Å². The average molecular weight is 506 g/mol. The molecule has 7 heteroatoms. The van der Waals surface area contributed by atoms with Gasteiger partial charge in [-0.25, -0.2) is 0 Å². The highest BCUT2D eigenvalue weighted by atomic mass is 19.4. The van der Waals surface area contributed by atoms with E-state index in [1.165, 1.54) is 17.7 Å². The maximum atomic E-state index is 13.5. The van der Waals surface area contributed by atoms with E-state index < -0.39 is 17.7 Å². The molecule has 4 nitrogen and oxygen atoms in total. The summed E-state index contributed by atoms with van der Waals surface area (Å²) in [6, 6.07) is 23.4. The number of rotatable bonds is 7. The third-order valence-corrected chi connectivity index (χ3v) is 7.20. The van der Waals surface area contributed by atoms with Crippen LogP contribution in [0.25, 0.3) is 10.9 Å². The first-order valence-corrected chi connectivity index (χ1v) is 12.7. The quantitative estimate of drug-likeness (QED) is 0.302. The molecular weight excluding hydrogens is 475 g/mol. The molecule has 1 atom stereocenters. The monoisotopic (exact) mass is 505 g/mol. The number of alkyl halides is 3. The van der Waals surface area contributed by atoms with Gasteiger partial charge in [-0.3, -0.25) is 9.69 Å². The van der Waals surface area contributed by atoms with Crippen LogP contribution < -0.4 is 5.32 Å². The second-order valence-electron chi connectivity index (χ2n) is 9.77. The molecule has 37 heavy (non-hydrogen) atoms. The Kier molecular flexibility index (Phi) is 7.33. The molecule has 1 saturated heterocycles. The second kappa shape index (κ2) is 10.8. The predicted octanol–water partition coefficient (Wildman–Crippen LogP) is 6.49. The van der Waals surface area contributed by atoms with Crippen molar-refractivity contribution in [2.75, 3.05) is 13.1 Å². The summed E-state index contributed by atoms with van der Waals surface area (Å²) in [7, 11) is 0. The van der Waals surface area contributed by atoms with E-state index in [0.29, 0.717) is 5.56 Å². The number of hydrogen-bond acceptors (Lipinski definition) is 2. The standard InChI is InChI=1S/C30H30F3N3O/c31-30(32,33)23-10-6-9-22(17-23)26(27-19-34-28-12-5-4-11-25(27)28)18-29(37)35-24-13-15-36(16-14-24)20-21-7-2-1-3-8-21/h1-12,17,19,24,26,34H,13-16,18,20H2,(H,35,37). The predicted molar refractivity (Wildman–Crippen MR) is 139 cm³/mol. The Bertz CT molecular complexity index is 1340. The van der Waals surface area contributed by atoms with Gasteiger partial charge in [0.05, 0.1) is 5.56 Å². The molecule has 0 radical (unpaired) electrons. The van der Waals surface area contributed by atoms with Crippen molar-refractivity contribution >= 4 is 16.8 Å². The summed E-state index contributed by atoms with van der Waals surface area (Å²) in [5, 5.41) is 4.07. The number of aromatic nitrogens is 1. The number of benzene rings is 3. The topological polar surface area (TPSA) is 48.1 Å². The van der Waals surface area contributed by atoms with Crippen LogP contribution in [0.2, 0.25) is 0 Å². The van der Waals surface area contributed by atoms with Gasteiger partial charge in [0.25, 0.3) is 0 Å². The van der Waals surface area contributed by atoms with Crippen molar-refractivity contribution in [3.63, 3.8) is 0 Å². The first kappa shape index (κ1) is 25.1. The molecule has 1 aromatic heterocycles. The van der Waals surface area contributed by atoms with Gasteiger partial charge in [0, 0.05) is 55.1 Å². The van der Waals surface area contributed by atoms with Gasteiger partial charge >= 0.3 is 6.18 Å². The maximum absolute atomic E-state index is 13.5. The lowest BCUT2D eigenvalue weighted by atomic mass is 9.87. The summed E-state index contributed by atoms with van der Waals surface area (Å²) in [6.07, 6.45) is -0.866. The molecule has 1 fully saturated rings. The smallest absolute Gasteiger partial charge is 0.361 e. The van der Waals surface area contributed by atoms with Crippen LogP contribution in [0, 0.1) is 0 Å². The fourth-order valence-electron chi connectivity index (χ4n) is 5.27. The Labute approximate surface area is 214 Å². The summed E-state index contributed by atoms with van der Waals surface area (Å²) in [4.78, 5) is 18.8. The van der Waals surface area contributed by atoms with E-state index >= 15 is 0 Å². The van der Waals surface area contributed by atoms with Crippen LogP contribution in [-0.2, 0) is 17.5 Å². The van der Waals surface area contributed by atoms with Gasteiger partial charge in [-0.2, -0.15) is 13.2 Å². The molecule has 0 spiro atoms. The maximum Gasteiger partial charge on any atom is 0.416 e. The van der Waals surface area contributed by atoms with Crippen molar-refractivity contribution in [1.29, 1.82) is 0 Å². The molecule has 1 aliphatic heterocycles. The Morgan fingerprint density at radius 2 is 1.70 bits per heavy atom. The minimum Gasteiger partial charge on any atom is -0.361 e. The van der Waals surface area contributed by atoms with Crippen molar-refractivity contribution in [1.82, 2.24) is 15.2 Å². The average Bonchev–Trinajstić information content (AvgIpc) is 3.33. The molecule has 0 bridgehead atoms. The Hall–Kier alpha value is -3.58. The van der Waals surface area contributed by atoms with Gasteiger partial charge in [-0.05, 0) is 41.7 Å². The third kappa shape index (κ3) is 6.05. The highest BCUT2D eigenvalue weighted by Crippen LogP contribution is 2.37. The summed E-state index contributed by atoms with van der Waals surface area (Å²) in [5.41, 5.74) is 2.75. The molecule has 3 aromatic carbocycles. The van der Waals surface area contributed by atoms with E-state index in [2.05, 4.69) is 27.3 Å². The van der Waals surface area contributed by atoms with Crippen molar-refractivity contribution in [2.45, 2.75) is 43.9 Å². The third-order valence-electron chi connectivity index (χ3n) is 7.20. The van der Waals surface area contributed by atoms with Gasteiger partial charge in [0.2, 0.25) is 5.91 Å². The molecule has 1 amide bonds. The number of H-pyrrole nitrogens is 1. The number of fused-ring (bicyclic) bond motifs is 1. The molecule has 4 aromatic rings. The van der Waals surface area contributed by atoms with Gasteiger partial charge in [-0.1, -0.05) is 66.7 Å². The van der Waals surface area contributed by atoms with Crippen LogP contribution in [0.15, 0.2) is 85.1 Å². The minimum absolute atomic E-state index is 0.0599. The summed E-state index contributed by atoms with van der Waals surface area (Å²) >= 11 is 0. The summed E-state index contributed by atoms with van der Waals surface area (Å²) in [5.74, 6) is -0.647. The molecule has 0 aliphatic carbocycles. The van der Waals surface area contributed by atoms with Crippen LogP contribution in [0.3, 0.4) is 0 Å². The Morgan fingerprint density at radius 3 is 2.46 bits per heavy atom. The van der Waals surface area contributed by atoms with Crippen LogP contribution in [0.5, 0.6) is 0 Å².